The van der Waals surface area contributed by atoms with Gasteiger partial charge < -0.3 is 14.6 Å². The summed E-state index contributed by atoms with van der Waals surface area (Å²) in [6, 6.07) is 0.998. The molecule has 0 bridgehead atoms. The summed E-state index contributed by atoms with van der Waals surface area (Å²) in [5.41, 5.74) is -1.58. The van der Waals surface area contributed by atoms with Crippen molar-refractivity contribution in [3.05, 3.63) is 33.1 Å². The lowest BCUT2D eigenvalue weighted by Crippen LogP contribution is -2.47. The minimum atomic E-state index is -2.52. The van der Waals surface area contributed by atoms with Gasteiger partial charge in [-0.2, -0.15) is 0 Å². The highest BCUT2D eigenvalue weighted by atomic mass is 32.7. The van der Waals surface area contributed by atoms with Crippen LogP contribution in [0.3, 0.4) is 0 Å². The molecule has 0 amide bonds. The van der Waals surface area contributed by atoms with Crippen LogP contribution < -0.4 is 11.2 Å². The number of H-pyrrole nitrogens is 1. The second-order valence-corrected chi connectivity index (χ2v) is 6.07. The molecule has 0 radical (unpaired) electrons. The smallest absolute Gasteiger partial charge is 0.391 e. The molecule has 1 fully saturated rings. The summed E-state index contributed by atoms with van der Waals surface area (Å²) in [6.45, 7) is -0.819. The lowest BCUT2D eigenvalue weighted by Gasteiger charge is -2.27. The fourth-order valence-electron chi connectivity index (χ4n) is 2.16. The SMILES string of the molecule is CO[C@]1(CO)O[C@@H](n2ccc(=O)[nH]c2=O)C(F)[C@H]1O[P+](=O)S. The number of hydrogen-bond donors (Lipinski definition) is 3. The van der Waals surface area contributed by atoms with E-state index in [4.69, 9.17) is 14.0 Å². The van der Waals surface area contributed by atoms with Gasteiger partial charge >= 0.3 is 12.9 Å². The monoisotopic (exact) mass is 355 g/mol. The molecule has 1 aliphatic rings. The topological polar surface area (TPSA) is 120 Å². The van der Waals surface area contributed by atoms with E-state index >= 15 is 0 Å². The van der Waals surface area contributed by atoms with E-state index in [1.807, 2.05) is 4.98 Å². The number of nitrogens with one attached hydrogen (secondary N) is 1. The first-order valence-corrected chi connectivity index (χ1v) is 8.30. The van der Waals surface area contributed by atoms with Crippen molar-refractivity contribution in [3.8, 4) is 0 Å². The molecule has 0 aliphatic carbocycles. The molecule has 2 unspecified atom stereocenters. The number of ether oxygens (including phenoxy) is 2. The Balaban J connectivity index is 2.45. The second-order valence-electron chi connectivity index (χ2n) is 4.41. The van der Waals surface area contributed by atoms with Gasteiger partial charge in [0.2, 0.25) is 11.9 Å². The number of halogens is 1. The van der Waals surface area contributed by atoms with Crippen molar-refractivity contribution in [1.82, 2.24) is 9.55 Å². The second kappa shape index (κ2) is 6.57. The predicted octanol–water partition coefficient (Wildman–Crippen LogP) is -0.289. The van der Waals surface area contributed by atoms with Crippen LogP contribution in [0.1, 0.15) is 6.23 Å². The Kier molecular flexibility index (Phi) is 5.15. The highest BCUT2D eigenvalue weighted by Crippen LogP contribution is 2.45. The van der Waals surface area contributed by atoms with Crippen molar-refractivity contribution >= 4 is 19.5 Å². The van der Waals surface area contributed by atoms with E-state index in [0.29, 0.717) is 0 Å². The van der Waals surface area contributed by atoms with Gasteiger partial charge in [0.25, 0.3) is 5.56 Å². The van der Waals surface area contributed by atoms with Crippen LogP contribution in [0.15, 0.2) is 21.9 Å². The van der Waals surface area contributed by atoms with Crippen LogP contribution in [-0.2, 0) is 18.6 Å². The maximum atomic E-state index is 14.6. The first-order chi connectivity index (χ1) is 10.3. The molecular formula is C10H13FN2O7PS+. The standard InChI is InChI=1S/C10H12FN2O7PS/c1-18-10(4-14)7(20-21(17)22)6(11)8(19-10)13-3-2-5(15)12-9(13)16/h2-3,6-8,14H,4H2,1H3,(H-,12,15,16,17,22)/p+1/t6?,7-,8-,10-/m1/s1. The van der Waals surface area contributed by atoms with Gasteiger partial charge in [0, 0.05) is 19.4 Å². The zero-order valence-corrected chi connectivity index (χ0v) is 13.0. The van der Waals surface area contributed by atoms with Crippen LogP contribution in [0.5, 0.6) is 0 Å². The summed E-state index contributed by atoms with van der Waals surface area (Å²) in [6.07, 6.45) is -4.13. The summed E-state index contributed by atoms with van der Waals surface area (Å²) >= 11 is 3.53. The van der Waals surface area contributed by atoms with E-state index in [1.165, 1.54) is 0 Å². The maximum absolute atomic E-state index is 14.6. The number of rotatable bonds is 5. The van der Waals surface area contributed by atoms with Crippen molar-refractivity contribution in [2.45, 2.75) is 24.3 Å². The molecule has 1 aliphatic heterocycles. The number of alkyl halides is 1. The molecule has 0 spiro atoms. The molecule has 2 heterocycles. The lowest BCUT2D eigenvalue weighted by molar-refractivity contribution is -0.265. The maximum Gasteiger partial charge on any atom is 0.582 e. The van der Waals surface area contributed by atoms with E-state index in [0.717, 1.165) is 23.9 Å². The highest BCUT2D eigenvalue weighted by molar-refractivity contribution is 8.39. The van der Waals surface area contributed by atoms with Gasteiger partial charge in [-0.3, -0.25) is 14.3 Å². The van der Waals surface area contributed by atoms with E-state index in [2.05, 4.69) is 12.2 Å². The predicted molar refractivity (Wildman–Crippen MR) is 74.6 cm³/mol. The van der Waals surface area contributed by atoms with Gasteiger partial charge in [-0.15, -0.1) is 4.52 Å². The average Bonchev–Trinajstić information content (AvgIpc) is 2.73. The number of nitrogens with zero attached hydrogens (tertiary/aromatic N) is 1. The molecule has 5 atom stereocenters. The van der Waals surface area contributed by atoms with Crippen molar-refractivity contribution in [2.24, 2.45) is 0 Å². The van der Waals surface area contributed by atoms with E-state index in [-0.39, 0.29) is 0 Å². The fourth-order valence-corrected chi connectivity index (χ4v) is 2.93. The summed E-state index contributed by atoms with van der Waals surface area (Å²) in [5.74, 6) is -1.96. The number of aliphatic hydroxyl groups is 1. The average molecular weight is 355 g/mol. The Morgan fingerprint density at radius 3 is 2.82 bits per heavy atom. The lowest BCUT2D eigenvalue weighted by atomic mass is 10.1. The Hall–Kier alpha value is -1.10. The third-order valence-electron chi connectivity index (χ3n) is 3.21. The Morgan fingerprint density at radius 1 is 1.64 bits per heavy atom. The van der Waals surface area contributed by atoms with Crippen LogP contribution in [0.2, 0.25) is 0 Å². The number of aromatic nitrogens is 2. The van der Waals surface area contributed by atoms with E-state index < -0.39 is 49.4 Å². The minimum absolute atomic E-state index is 0.666. The number of aliphatic hydroxyl groups excluding tert-OH is 1. The molecule has 22 heavy (non-hydrogen) atoms. The van der Waals surface area contributed by atoms with Crippen molar-refractivity contribution < 1.29 is 28.1 Å². The molecule has 1 aromatic heterocycles. The molecule has 9 nitrogen and oxygen atoms in total. The van der Waals surface area contributed by atoms with Crippen LogP contribution >= 0.6 is 19.5 Å². The Labute approximate surface area is 129 Å². The minimum Gasteiger partial charge on any atom is -0.391 e. The van der Waals surface area contributed by atoms with E-state index in [1.54, 1.807) is 0 Å². The fraction of sp³-hybridized carbons (Fsp3) is 0.600. The molecule has 1 saturated heterocycles. The molecule has 0 aromatic carbocycles. The van der Waals surface area contributed by atoms with Gasteiger partial charge in [0.1, 0.15) is 18.9 Å². The van der Waals surface area contributed by atoms with Crippen LogP contribution in [0.4, 0.5) is 4.39 Å². The van der Waals surface area contributed by atoms with Crippen molar-refractivity contribution in [1.29, 1.82) is 0 Å². The van der Waals surface area contributed by atoms with Crippen LogP contribution in [0.25, 0.3) is 0 Å². The van der Waals surface area contributed by atoms with Gasteiger partial charge in [-0.05, 0) is 4.57 Å². The summed E-state index contributed by atoms with van der Waals surface area (Å²) < 4.78 is 41.6. The first kappa shape index (κ1) is 17.3. The number of aromatic amines is 1. The summed E-state index contributed by atoms with van der Waals surface area (Å²) in [5, 5.41) is 9.43. The van der Waals surface area contributed by atoms with Gasteiger partial charge in [-0.1, -0.05) is 0 Å². The van der Waals surface area contributed by atoms with Crippen molar-refractivity contribution in [3.63, 3.8) is 0 Å². The summed E-state index contributed by atoms with van der Waals surface area (Å²) in [7, 11) is -1.39. The summed E-state index contributed by atoms with van der Waals surface area (Å²) in [4.78, 5) is 24.7. The first-order valence-electron chi connectivity index (χ1n) is 5.97. The molecule has 2 rings (SSSR count). The third kappa shape index (κ3) is 3.00. The Bertz CT molecular complexity index is 676. The van der Waals surface area contributed by atoms with Crippen molar-refractivity contribution in [2.75, 3.05) is 13.7 Å². The molecule has 2 N–H and O–H groups in total. The number of methoxy groups -OCH3 is 1. The van der Waals surface area contributed by atoms with Gasteiger partial charge in [0.15, 0.2) is 12.4 Å². The molecular weight excluding hydrogens is 342 g/mol. The molecule has 0 saturated carbocycles. The van der Waals surface area contributed by atoms with Crippen LogP contribution in [0, 0.1) is 0 Å². The zero-order valence-electron chi connectivity index (χ0n) is 11.2. The molecule has 122 valence electrons. The third-order valence-corrected chi connectivity index (χ3v) is 3.90. The Morgan fingerprint density at radius 2 is 2.32 bits per heavy atom. The molecule has 12 heteroatoms. The molecule has 1 aromatic rings. The normalized spacial score (nSPS) is 32.2. The van der Waals surface area contributed by atoms with E-state index in [9.17, 15) is 23.7 Å². The number of hydrogen-bond acceptors (Lipinski definition) is 7. The quantitative estimate of drug-likeness (QED) is 0.490. The number of thiol groups is 1. The van der Waals surface area contributed by atoms with Gasteiger partial charge in [-0.25, -0.2) is 9.18 Å². The van der Waals surface area contributed by atoms with Crippen LogP contribution in [-0.4, -0.2) is 46.4 Å². The largest absolute Gasteiger partial charge is 0.582 e. The highest BCUT2D eigenvalue weighted by Gasteiger charge is 2.61. The zero-order chi connectivity index (χ0) is 16.5. The van der Waals surface area contributed by atoms with Gasteiger partial charge in [0.05, 0.1) is 0 Å².